The first-order valence-corrected chi connectivity index (χ1v) is 5.13. The van der Waals surface area contributed by atoms with Gasteiger partial charge in [-0.15, -0.1) is 0 Å². The Bertz CT molecular complexity index is 310. The summed E-state index contributed by atoms with van der Waals surface area (Å²) in [5, 5.41) is 9.14. The number of phenols is 1. The smallest absolute Gasteiger partial charge is 0.146 e. The molecule has 1 aromatic rings. The molecule has 0 bridgehead atoms. The van der Waals surface area contributed by atoms with Gasteiger partial charge in [-0.2, -0.15) is 0 Å². The average Bonchev–Trinajstić information content (AvgIpc) is 2.20. The number of nitrogens with two attached hydrogens (primary N) is 1. The van der Waals surface area contributed by atoms with Gasteiger partial charge < -0.3 is 10.8 Å². The van der Waals surface area contributed by atoms with Crippen LogP contribution < -0.4 is 5.73 Å². The fourth-order valence-corrected chi connectivity index (χ4v) is 1.08. The van der Waals surface area contributed by atoms with E-state index in [9.17, 15) is 4.79 Å². The average molecular weight is 209 g/mol. The van der Waals surface area contributed by atoms with Crippen molar-refractivity contribution in [2.24, 2.45) is 5.73 Å². The number of aromatic hydroxyl groups is 1. The molecule has 0 unspecified atom stereocenters. The van der Waals surface area contributed by atoms with Crippen LogP contribution in [0.25, 0.3) is 0 Å². The van der Waals surface area contributed by atoms with Gasteiger partial charge in [0.05, 0.1) is 6.04 Å². The van der Waals surface area contributed by atoms with Crippen molar-refractivity contribution >= 4 is 5.78 Å². The maximum atomic E-state index is 10.8. The van der Waals surface area contributed by atoms with E-state index in [1.807, 2.05) is 19.9 Å². The molecule has 3 heteroatoms. The molecular formula is C12H19NO2. The Morgan fingerprint density at radius 2 is 2.07 bits per heavy atom. The Morgan fingerprint density at radius 3 is 2.53 bits per heavy atom. The monoisotopic (exact) mass is 209 g/mol. The van der Waals surface area contributed by atoms with Crippen molar-refractivity contribution in [2.45, 2.75) is 33.2 Å². The first-order chi connectivity index (χ1) is 7.09. The molecule has 0 saturated carbocycles. The number of ketones is 1. The zero-order valence-electron chi connectivity index (χ0n) is 9.53. The summed E-state index contributed by atoms with van der Waals surface area (Å²) in [5.41, 5.74) is 6.44. The number of hydrogen-bond donors (Lipinski definition) is 2. The van der Waals surface area contributed by atoms with Gasteiger partial charge in [0.15, 0.2) is 0 Å². The highest BCUT2D eigenvalue weighted by atomic mass is 16.3. The molecule has 1 rings (SSSR count). The van der Waals surface area contributed by atoms with Crippen LogP contribution >= 0.6 is 0 Å². The minimum Gasteiger partial charge on any atom is -0.508 e. The molecule has 0 aliphatic carbocycles. The van der Waals surface area contributed by atoms with Crippen LogP contribution in [0.4, 0.5) is 0 Å². The van der Waals surface area contributed by atoms with E-state index in [0.717, 1.165) is 5.56 Å². The second-order valence-electron chi connectivity index (χ2n) is 3.09. The predicted octanol–water partition coefficient (Wildman–Crippen LogP) is 1.88. The molecule has 3 nitrogen and oxygen atoms in total. The summed E-state index contributed by atoms with van der Waals surface area (Å²) in [6.45, 7) is 5.47. The van der Waals surface area contributed by atoms with Crippen LogP contribution in [0.15, 0.2) is 24.3 Å². The van der Waals surface area contributed by atoms with E-state index in [1.54, 1.807) is 18.2 Å². The summed E-state index contributed by atoms with van der Waals surface area (Å²) in [4.78, 5) is 10.8. The number of benzene rings is 1. The van der Waals surface area contributed by atoms with E-state index in [0.29, 0.717) is 6.42 Å². The van der Waals surface area contributed by atoms with Gasteiger partial charge in [0.2, 0.25) is 0 Å². The Hall–Kier alpha value is -1.35. The summed E-state index contributed by atoms with van der Waals surface area (Å²) in [6.07, 6.45) is 0.476. The summed E-state index contributed by atoms with van der Waals surface area (Å²) in [7, 11) is 0. The van der Waals surface area contributed by atoms with Crippen LogP contribution in [0, 0.1) is 0 Å². The van der Waals surface area contributed by atoms with Crippen molar-refractivity contribution in [1.82, 2.24) is 0 Å². The van der Waals surface area contributed by atoms with Gasteiger partial charge in [-0.3, -0.25) is 4.79 Å². The molecule has 0 aromatic heterocycles. The largest absolute Gasteiger partial charge is 0.508 e. The topological polar surface area (TPSA) is 63.3 Å². The maximum Gasteiger partial charge on any atom is 0.146 e. The quantitative estimate of drug-likeness (QED) is 0.799. The van der Waals surface area contributed by atoms with Crippen LogP contribution in [0.3, 0.4) is 0 Å². The summed E-state index contributed by atoms with van der Waals surface area (Å²) < 4.78 is 0. The number of rotatable bonds is 3. The predicted molar refractivity (Wildman–Crippen MR) is 61.8 cm³/mol. The second-order valence-corrected chi connectivity index (χ2v) is 3.09. The van der Waals surface area contributed by atoms with Crippen LogP contribution in [0.2, 0.25) is 0 Å². The maximum absolute atomic E-state index is 10.8. The Morgan fingerprint density at radius 1 is 1.47 bits per heavy atom. The molecule has 0 radical (unpaired) electrons. The summed E-state index contributed by atoms with van der Waals surface area (Å²) in [6, 6.07) is 6.30. The third kappa shape index (κ3) is 5.18. The molecule has 1 aromatic carbocycles. The van der Waals surface area contributed by atoms with Crippen molar-refractivity contribution in [2.75, 3.05) is 0 Å². The fraction of sp³-hybridized carbons (Fsp3) is 0.417. The number of carbonyl (C=O) groups is 1. The van der Waals surface area contributed by atoms with Gasteiger partial charge in [-0.05, 0) is 31.0 Å². The van der Waals surface area contributed by atoms with E-state index < -0.39 is 6.04 Å². The molecule has 0 saturated heterocycles. The molecule has 84 valence electrons. The van der Waals surface area contributed by atoms with E-state index in [2.05, 4.69) is 0 Å². The highest BCUT2D eigenvalue weighted by molar-refractivity contribution is 5.81. The first kappa shape index (κ1) is 13.7. The first-order valence-electron chi connectivity index (χ1n) is 5.13. The van der Waals surface area contributed by atoms with Crippen molar-refractivity contribution < 1.29 is 9.90 Å². The van der Waals surface area contributed by atoms with E-state index in [1.165, 1.54) is 6.92 Å². The number of Topliss-reactive ketones (excluding diaryl/α,β-unsaturated/α-hetero) is 1. The minimum atomic E-state index is -0.471. The van der Waals surface area contributed by atoms with Crippen molar-refractivity contribution in [3.05, 3.63) is 29.8 Å². The van der Waals surface area contributed by atoms with Crippen LogP contribution in [-0.4, -0.2) is 16.9 Å². The van der Waals surface area contributed by atoms with Gasteiger partial charge in [-0.25, -0.2) is 0 Å². The zero-order chi connectivity index (χ0) is 11.8. The molecule has 0 aliphatic heterocycles. The third-order valence-electron chi connectivity index (χ3n) is 1.89. The summed E-state index contributed by atoms with van der Waals surface area (Å²) in [5.74, 6) is 0.164. The van der Waals surface area contributed by atoms with Gasteiger partial charge in [0, 0.05) is 0 Å². The van der Waals surface area contributed by atoms with Gasteiger partial charge in [-0.1, -0.05) is 26.0 Å². The lowest BCUT2D eigenvalue weighted by Gasteiger charge is -2.07. The molecule has 15 heavy (non-hydrogen) atoms. The molecular weight excluding hydrogens is 190 g/mol. The lowest BCUT2D eigenvalue weighted by molar-refractivity contribution is -0.118. The van der Waals surface area contributed by atoms with Crippen LogP contribution in [0.5, 0.6) is 5.75 Å². The van der Waals surface area contributed by atoms with Crippen molar-refractivity contribution in [3.63, 3.8) is 0 Å². The summed E-state index contributed by atoms with van der Waals surface area (Å²) >= 11 is 0. The lowest BCUT2D eigenvalue weighted by atomic mass is 10.0. The SMILES string of the molecule is CC.CC(=O)[C@@H](N)Cc1cccc(O)c1. The second kappa shape index (κ2) is 7.01. The fourth-order valence-electron chi connectivity index (χ4n) is 1.08. The molecule has 0 spiro atoms. The van der Waals surface area contributed by atoms with Crippen LogP contribution in [0.1, 0.15) is 26.3 Å². The molecule has 0 heterocycles. The van der Waals surface area contributed by atoms with Gasteiger partial charge in [0.1, 0.15) is 11.5 Å². The molecule has 0 aliphatic rings. The number of phenolic OH excluding ortho intramolecular Hbond substituents is 1. The van der Waals surface area contributed by atoms with Crippen LogP contribution in [-0.2, 0) is 11.2 Å². The Labute approximate surface area is 90.9 Å². The van der Waals surface area contributed by atoms with Gasteiger partial charge in [0.25, 0.3) is 0 Å². The van der Waals surface area contributed by atoms with Gasteiger partial charge >= 0.3 is 0 Å². The van der Waals surface area contributed by atoms with Crippen molar-refractivity contribution in [1.29, 1.82) is 0 Å². The van der Waals surface area contributed by atoms with E-state index in [4.69, 9.17) is 10.8 Å². The Balaban J connectivity index is 0.000000921. The van der Waals surface area contributed by atoms with Crippen molar-refractivity contribution in [3.8, 4) is 5.75 Å². The minimum absolute atomic E-state index is 0.0386. The highest BCUT2D eigenvalue weighted by Gasteiger charge is 2.08. The zero-order valence-corrected chi connectivity index (χ0v) is 9.53. The third-order valence-corrected chi connectivity index (χ3v) is 1.89. The lowest BCUT2D eigenvalue weighted by Crippen LogP contribution is -2.30. The molecule has 0 amide bonds. The number of hydrogen-bond acceptors (Lipinski definition) is 3. The number of carbonyl (C=O) groups excluding carboxylic acids is 1. The molecule has 1 atom stereocenters. The standard InChI is InChI=1S/C10H13NO2.C2H6/c1-7(12)10(11)6-8-3-2-4-9(13)5-8;1-2/h2-5,10,13H,6,11H2,1H3;1-2H3/t10-;/m0./s1. The highest BCUT2D eigenvalue weighted by Crippen LogP contribution is 2.12. The Kier molecular flexibility index (Phi) is 6.38. The van der Waals surface area contributed by atoms with E-state index >= 15 is 0 Å². The molecule has 0 fully saturated rings. The van der Waals surface area contributed by atoms with E-state index in [-0.39, 0.29) is 11.5 Å². The normalized spacial score (nSPS) is 11.2. The molecule has 3 N–H and O–H groups in total.